The molecule has 0 aliphatic carbocycles. The number of hydrogen-bond acceptors (Lipinski definition) is 6. The van der Waals surface area contributed by atoms with Crippen LogP contribution in [0.15, 0.2) is 10.5 Å². The molecule has 0 aliphatic heterocycles. The zero-order valence-corrected chi connectivity index (χ0v) is 11.8. The van der Waals surface area contributed by atoms with Crippen LogP contribution in [0.25, 0.3) is 0 Å². The van der Waals surface area contributed by atoms with Crippen molar-refractivity contribution in [2.75, 3.05) is 20.4 Å². The maximum Gasteiger partial charge on any atom is 0.314 e. The summed E-state index contributed by atoms with van der Waals surface area (Å²) in [6.07, 6.45) is 0.535. The molecule has 0 aliphatic rings. The monoisotopic (exact) mass is 275 g/mol. The second-order valence-corrected chi connectivity index (χ2v) is 4.98. The van der Waals surface area contributed by atoms with Crippen molar-refractivity contribution >= 4 is 11.9 Å². The van der Waals surface area contributed by atoms with Gasteiger partial charge in [-0.25, -0.2) is 0 Å². The minimum absolute atomic E-state index is 0.0733. The quantitative estimate of drug-likeness (QED) is 0.237. The van der Waals surface area contributed by atoms with Crippen molar-refractivity contribution < 1.29 is 24.3 Å². The Balaban J connectivity index is 3.68. The largest absolute Gasteiger partial charge is 0.481 e. The fourth-order valence-electron chi connectivity index (χ4n) is 0.912. The third kappa shape index (κ3) is 9.81. The number of esters is 1. The van der Waals surface area contributed by atoms with Gasteiger partial charge in [0.2, 0.25) is 0 Å². The van der Waals surface area contributed by atoms with Crippen molar-refractivity contribution in [1.29, 1.82) is 0 Å². The van der Waals surface area contributed by atoms with Crippen LogP contribution in [0.1, 0.15) is 33.6 Å². The maximum atomic E-state index is 11.3. The van der Waals surface area contributed by atoms with Gasteiger partial charge in [0, 0.05) is 25.3 Å². The normalized spacial score (nSPS) is 11.4. The van der Waals surface area contributed by atoms with Gasteiger partial charge in [-0.3, -0.25) is 14.6 Å². The molecule has 0 radical (unpaired) electrons. The highest BCUT2D eigenvalue weighted by molar-refractivity contribution is 5.75. The Kier molecular flexibility index (Phi) is 7.47. The van der Waals surface area contributed by atoms with Gasteiger partial charge < -0.3 is 14.7 Å². The third-order valence-corrected chi connectivity index (χ3v) is 1.97. The lowest BCUT2D eigenvalue weighted by atomic mass is 9.98. The number of nitrogens with zero attached hydrogens (tertiary/aromatic N) is 3. The van der Waals surface area contributed by atoms with Crippen LogP contribution in [0.4, 0.5) is 0 Å². The molecule has 0 unspecified atom stereocenters. The van der Waals surface area contributed by atoms with Crippen LogP contribution in [0, 0.1) is 5.41 Å². The molecule has 8 heteroatoms. The highest BCUT2D eigenvalue weighted by Crippen LogP contribution is 2.14. The third-order valence-electron chi connectivity index (χ3n) is 1.97. The number of carbonyl (C=O) groups is 2. The van der Waals surface area contributed by atoms with Crippen LogP contribution < -0.4 is 0 Å². The lowest BCUT2D eigenvalue weighted by Gasteiger charge is -2.15. The summed E-state index contributed by atoms with van der Waals surface area (Å²) in [7, 11) is 1.63. The zero-order chi connectivity index (χ0) is 14.9. The fraction of sp³-hybridized carbons (Fsp3) is 0.818. The van der Waals surface area contributed by atoms with Crippen molar-refractivity contribution in [3.05, 3.63) is 0 Å². The smallest absolute Gasteiger partial charge is 0.314 e. The highest BCUT2D eigenvalue weighted by Gasteiger charge is 2.22. The van der Waals surface area contributed by atoms with E-state index in [4.69, 9.17) is 9.84 Å². The van der Waals surface area contributed by atoms with Gasteiger partial charge in [0.25, 0.3) is 6.79 Å². The summed E-state index contributed by atoms with van der Waals surface area (Å²) in [4.78, 5) is 26.3. The number of rotatable bonds is 8. The summed E-state index contributed by atoms with van der Waals surface area (Å²) >= 11 is 0. The predicted molar refractivity (Wildman–Crippen MR) is 65.9 cm³/mol. The van der Waals surface area contributed by atoms with Crippen LogP contribution in [0.3, 0.4) is 0 Å². The van der Waals surface area contributed by atoms with Crippen molar-refractivity contribution in [2.45, 2.75) is 33.6 Å². The standard InChI is InChI=1S/C11H21N3O5/c1-11(2,3)10(17)18-8-19-13-12-14(4)7-5-6-9(15)16/h5-8H2,1-4H3,(H,15,16)/b13-12-. The Bertz CT molecular complexity index is 325. The minimum Gasteiger partial charge on any atom is -0.481 e. The van der Waals surface area contributed by atoms with E-state index in [1.54, 1.807) is 27.8 Å². The SMILES string of the molecule is CN(CCCC(=O)O)/N=N\OCOC(=O)C(C)(C)C. The minimum atomic E-state index is -0.851. The van der Waals surface area contributed by atoms with E-state index in [9.17, 15) is 9.59 Å². The molecule has 0 bridgehead atoms. The molecule has 0 fully saturated rings. The van der Waals surface area contributed by atoms with Gasteiger partial charge in [0.1, 0.15) is 0 Å². The maximum absolute atomic E-state index is 11.3. The number of ether oxygens (including phenoxy) is 1. The van der Waals surface area contributed by atoms with E-state index >= 15 is 0 Å². The molecule has 0 aromatic carbocycles. The summed E-state index contributed by atoms with van der Waals surface area (Å²) in [5, 5.41) is 16.9. The van der Waals surface area contributed by atoms with Crippen LogP contribution in [-0.4, -0.2) is 42.4 Å². The highest BCUT2D eigenvalue weighted by atomic mass is 16.8. The van der Waals surface area contributed by atoms with Gasteiger partial charge in [-0.2, -0.15) is 0 Å². The number of carboxylic acid groups (broad SMARTS) is 1. The van der Waals surface area contributed by atoms with Crippen LogP contribution >= 0.6 is 0 Å². The van der Waals surface area contributed by atoms with E-state index in [2.05, 4.69) is 15.3 Å². The van der Waals surface area contributed by atoms with Crippen LogP contribution in [0.2, 0.25) is 0 Å². The second-order valence-electron chi connectivity index (χ2n) is 4.98. The van der Waals surface area contributed by atoms with Crippen LogP contribution in [-0.2, 0) is 19.2 Å². The van der Waals surface area contributed by atoms with Crippen LogP contribution in [0.5, 0.6) is 0 Å². The van der Waals surface area contributed by atoms with E-state index in [0.29, 0.717) is 13.0 Å². The molecule has 0 atom stereocenters. The molecule has 0 heterocycles. The van der Waals surface area contributed by atoms with Crippen molar-refractivity contribution in [1.82, 2.24) is 5.01 Å². The first-order valence-corrected chi connectivity index (χ1v) is 5.86. The van der Waals surface area contributed by atoms with Gasteiger partial charge in [-0.05, 0) is 32.4 Å². The van der Waals surface area contributed by atoms with Crippen molar-refractivity contribution in [3.63, 3.8) is 0 Å². The molecule has 1 N–H and O–H groups in total. The van der Waals surface area contributed by atoms with Crippen molar-refractivity contribution in [2.24, 2.45) is 15.9 Å². The molecule has 8 nitrogen and oxygen atoms in total. The summed E-state index contributed by atoms with van der Waals surface area (Å²) in [6, 6.07) is 0. The number of aliphatic carboxylic acids is 1. The molecule has 110 valence electrons. The van der Waals surface area contributed by atoms with E-state index in [-0.39, 0.29) is 13.2 Å². The first-order valence-electron chi connectivity index (χ1n) is 5.86. The molecular formula is C11H21N3O5. The van der Waals surface area contributed by atoms with Crippen molar-refractivity contribution in [3.8, 4) is 0 Å². The van der Waals surface area contributed by atoms with Gasteiger partial charge >= 0.3 is 11.9 Å². The Morgan fingerprint density at radius 1 is 1.32 bits per heavy atom. The Morgan fingerprint density at radius 3 is 2.47 bits per heavy atom. The molecule has 19 heavy (non-hydrogen) atoms. The molecule has 0 spiro atoms. The van der Waals surface area contributed by atoms with Gasteiger partial charge in [0.15, 0.2) is 0 Å². The molecule has 0 aromatic heterocycles. The van der Waals surface area contributed by atoms with Gasteiger partial charge in [0.05, 0.1) is 5.41 Å². The molecule has 0 rings (SSSR count). The Hall–Kier alpha value is -1.86. The number of carbonyl (C=O) groups excluding carboxylic acids is 1. The number of carboxylic acids is 1. The first kappa shape index (κ1) is 17.1. The average Bonchev–Trinajstić information content (AvgIpc) is 2.26. The fourth-order valence-corrected chi connectivity index (χ4v) is 0.912. The Labute approximate surface area is 112 Å². The first-order chi connectivity index (χ1) is 8.73. The van der Waals surface area contributed by atoms with E-state index in [1.165, 1.54) is 5.01 Å². The van der Waals surface area contributed by atoms with E-state index in [1.807, 2.05) is 0 Å². The zero-order valence-electron chi connectivity index (χ0n) is 11.8. The predicted octanol–water partition coefficient (Wildman–Crippen LogP) is 1.63. The molecule has 0 amide bonds. The second kappa shape index (κ2) is 8.28. The Morgan fingerprint density at radius 2 is 1.95 bits per heavy atom. The molecule has 0 saturated carbocycles. The summed E-state index contributed by atoms with van der Waals surface area (Å²) in [5.74, 6) is -1.24. The average molecular weight is 275 g/mol. The summed E-state index contributed by atoms with van der Waals surface area (Å²) in [6.45, 7) is 5.33. The number of hydrogen-bond donors (Lipinski definition) is 1. The van der Waals surface area contributed by atoms with E-state index < -0.39 is 17.4 Å². The molecule has 0 saturated heterocycles. The van der Waals surface area contributed by atoms with Gasteiger partial charge in [-0.1, -0.05) is 0 Å². The summed E-state index contributed by atoms with van der Waals surface area (Å²) < 4.78 is 4.79. The van der Waals surface area contributed by atoms with Gasteiger partial charge in [-0.15, -0.1) is 0 Å². The molecular weight excluding hydrogens is 254 g/mol. The van der Waals surface area contributed by atoms with E-state index in [0.717, 1.165) is 0 Å². The summed E-state index contributed by atoms with van der Waals surface area (Å²) in [5.41, 5.74) is -0.589. The topological polar surface area (TPSA) is 101 Å². The molecule has 0 aromatic rings. The lowest BCUT2D eigenvalue weighted by molar-refractivity contribution is -0.166. The lowest BCUT2D eigenvalue weighted by Crippen LogP contribution is -2.23.